The molecule has 1 aromatic heterocycles. The largest absolute Gasteiger partial charge is 0.469 e. The Balaban J connectivity index is 1.92. The summed E-state index contributed by atoms with van der Waals surface area (Å²) in [5.41, 5.74) is 5.94. The number of aromatic nitrogens is 1. The van der Waals surface area contributed by atoms with Gasteiger partial charge in [0.05, 0.1) is 13.3 Å². The fourth-order valence-electron chi connectivity index (χ4n) is 2.05. The minimum atomic E-state index is -0.507. The number of thiazole rings is 1. The summed E-state index contributed by atoms with van der Waals surface area (Å²) in [6.45, 7) is 0.615. The number of amidine groups is 1. The van der Waals surface area contributed by atoms with Gasteiger partial charge in [-0.15, -0.1) is 0 Å². The van der Waals surface area contributed by atoms with Gasteiger partial charge in [-0.2, -0.15) is 0 Å². The van der Waals surface area contributed by atoms with Crippen LogP contribution in [0.5, 0.6) is 5.75 Å². The number of hydrogen-bond acceptors (Lipinski definition) is 8. The third kappa shape index (κ3) is 5.28. The molecule has 1 heterocycles. The normalized spacial score (nSPS) is 10.2. The predicted molar refractivity (Wildman–Crippen MR) is 99.1 cm³/mol. The molecule has 8 nitrogen and oxygen atoms in total. The molecule has 2 aromatic rings. The molecule has 1 aromatic carbocycles. The molecule has 3 N–H and O–H groups in total. The minimum Gasteiger partial charge on any atom is -0.469 e. The van der Waals surface area contributed by atoms with Crippen LogP contribution in [-0.2, 0) is 9.53 Å². The molecule has 0 aliphatic carbocycles. The summed E-state index contributed by atoms with van der Waals surface area (Å²) < 4.78 is 9.90. The molecular formula is C17H20N4O4S. The van der Waals surface area contributed by atoms with Crippen LogP contribution in [0.1, 0.15) is 28.1 Å². The molecule has 0 unspecified atom stereocenters. The maximum Gasteiger partial charge on any atom is 0.355 e. The molecule has 0 spiro atoms. The number of carbonyl (C=O) groups is 2. The molecule has 0 saturated heterocycles. The standard InChI is InChI=1S/C17H20N4O4S/c1-21(9-3-4-14(22)24-2)17-20-10-13(26-17)16(23)25-12-7-5-11(6-8-12)15(18)19/h5-8,10H,3-4,9H2,1-2H3,(H3,18,19). The third-order valence-electron chi connectivity index (χ3n) is 3.50. The maximum absolute atomic E-state index is 12.2. The summed E-state index contributed by atoms with van der Waals surface area (Å²) >= 11 is 1.21. The fraction of sp³-hybridized carbons (Fsp3) is 0.294. The Morgan fingerprint density at radius 1 is 1.31 bits per heavy atom. The summed E-state index contributed by atoms with van der Waals surface area (Å²) in [7, 11) is 3.20. The molecule has 2 rings (SSSR count). The van der Waals surface area contributed by atoms with Crippen LogP contribution < -0.4 is 15.4 Å². The topological polar surface area (TPSA) is 119 Å². The van der Waals surface area contributed by atoms with Gasteiger partial charge in [-0.3, -0.25) is 10.2 Å². The summed E-state index contributed by atoms with van der Waals surface area (Å²) in [6, 6.07) is 6.38. The van der Waals surface area contributed by atoms with Crippen molar-refractivity contribution in [3.8, 4) is 5.75 Å². The van der Waals surface area contributed by atoms with Crippen LogP contribution in [0, 0.1) is 5.41 Å². The molecule has 138 valence electrons. The number of hydrogen-bond donors (Lipinski definition) is 2. The van der Waals surface area contributed by atoms with Crippen molar-refractivity contribution in [3.63, 3.8) is 0 Å². The number of nitrogen functional groups attached to an aromatic ring is 1. The average Bonchev–Trinajstić information content (AvgIpc) is 3.12. The minimum absolute atomic E-state index is 0.0507. The van der Waals surface area contributed by atoms with Gasteiger partial charge in [-0.25, -0.2) is 9.78 Å². The average molecular weight is 376 g/mol. The van der Waals surface area contributed by atoms with Crippen LogP contribution in [0.3, 0.4) is 0 Å². The molecule has 0 atom stereocenters. The van der Waals surface area contributed by atoms with Crippen LogP contribution in [0.4, 0.5) is 5.13 Å². The van der Waals surface area contributed by atoms with Crippen molar-refractivity contribution in [1.29, 1.82) is 5.41 Å². The van der Waals surface area contributed by atoms with Gasteiger partial charge in [-0.1, -0.05) is 11.3 Å². The van der Waals surface area contributed by atoms with Gasteiger partial charge in [0.1, 0.15) is 16.5 Å². The van der Waals surface area contributed by atoms with Crippen LogP contribution in [-0.4, -0.2) is 43.5 Å². The second-order valence-corrected chi connectivity index (χ2v) is 6.44. The van der Waals surface area contributed by atoms with E-state index in [-0.39, 0.29) is 11.8 Å². The van der Waals surface area contributed by atoms with Gasteiger partial charge in [0.15, 0.2) is 5.13 Å². The lowest BCUT2D eigenvalue weighted by Crippen LogP contribution is -2.19. The van der Waals surface area contributed by atoms with Crippen molar-refractivity contribution < 1.29 is 19.1 Å². The van der Waals surface area contributed by atoms with Crippen LogP contribution in [0.15, 0.2) is 30.5 Å². The van der Waals surface area contributed by atoms with Gasteiger partial charge in [-0.05, 0) is 30.7 Å². The number of nitrogens with two attached hydrogens (primary N) is 1. The van der Waals surface area contributed by atoms with Crippen LogP contribution in [0.25, 0.3) is 0 Å². The first-order valence-corrected chi connectivity index (χ1v) is 8.62. The third-order valence-corrected chi connectivity index (χ3v) is 4.59. The summed E-state index contributed by atoms with van der Waals surface area (Å²) in [4.78, 5) is 29.8. The molecule has 0 aliphatic heterocycles. The number of rotatable bonds is 8. The second-order valence-electron chi connectivity index (χ2n) is 5.44. The van der Waals surface area contributed by atoms with E-state index in [9.17, 15) is 9.59 Å². The quantitative estimate of drug-likeness (QED) is 0.313. The van der Waals surface area contributed by atoms with Crippen molar-refractivity contribution >= 4 is 34.2 Å². The van der Waals surface area contributed by atoms with Crippen LogP contribution in [0.2, 0.25) is 0 Å². The number of methoxy groups -OCH3 is 1. The summed E-state index contributed by atoms with van der Waals surface area (Å²) in [6.07, 6.45) is 2.42. The Labute approximate surface area is 155 Å². The smallest absolute Gasteiger partial charge is 0.355 e. The van der Waals surface area contributed by atoms with E-state index in [0.717, 1.165) is 0 Å². The molecular weight excluding hydrogens is 356 g/mol. The Hall–Kier alpha value is -2.94. The fourth-order valence-corrected chi connectivity index (χ4v) is 2.83. The van der Waals surface area contributed by atoms with Crippen molar-refractivity contribution in [2.45, 2.75) is 12.8 Å². The lowest BCUT2D eigenvalue weighted by molar-refractivity contribution is -0.140. The molecule has 26 heavy (non-hydrogen) atoms. The lowest BCUT2D eigenvalue weighted by atomic mass is 10.2. The molecule has 0 aliphatic rings. The Morgan fingerprint density at radius 2 is 2.00 bits per heavy atom. The van der Waals surface area contributed by atoms with E-state index in [2.05, 4.69) is 9.72 Å². The highest BCUT2D eigenvalue weighted by Crippen LogP contribution is 2.23. The first-order chi connectivity index (χ1) is 12.4. The van der Waals surface area contributed by atoms with Gasteiger partial charge in [0.2, 0.25) is 0 Å². The number of nitrogens with one attached hydrogen (secondary N) is 1. The summed E-state index contributed by atoms with van der Waals surface area (Å²) in [5.74, 6) is -0.448. The van der Waals surface area contributed by atoms with Gasteiger partial charge in [0, 0.05) is 25.6 Å². The lowest BCUT2D eigenvalue weighted by Gasteiger charge is -2.14. The van der Waals surface area contributed by atoms with E-state index in [1.165, 1.54) is 24.6 Å². The molecule has 0 radical (unpaired) electrons. The van der Waals surface area contributed by atoms with Gasteiger partial charge in [0.25, 0.3) is 0 Å². The molecule has 0 bridgehead atoms. The molecule has 0 fully saturated rings. The molecule has 0 amide bonds. The van der Waals surface area contributed by atoms with Gasteiger partial charge < -0.3 is 20.1 Å². The SMILES string of the molecule is COC(=O)CCCN(C)c1ncc(C(=O)Oc2ccc(C(=N)N)cc2)s1. The van der Waals surface area contributed by atoms with E-state index in [4.69, 9.17) is 15.9 Å². The second kappa shape index (κ2) is 8.95. The van der Waals surface area contributed by atoms with Crippen molar-refractivity contribution in [3.05, 3.63) is 40.9 Å². The number of ether oxygens (including phenoxy) is 2. The van der Waals surface area contributed by atoms with E-state index < -0.39 is 5.97 Å². The molecule has 9 heteroatoms. The summed E-state index contributed by atoms with van der Waals surface area (Å²) in [5, 5.41) is 8.00. The monoisotopic (exact) mass is 376 g/mol. The van der Waals surface area contributed by atoms with E-state index >= 15 is 0 Å². The highest BCUT2D eigenvalue weighted by Gasteiger charge is 2.15. The van der Waals surface area contributed by atoms with E-state index in [1.54, 1.807) is 24.3 Å². The van der Waals surface area contributed by atoms with E-state index in [1.807, 2.05) is 11.9 Å². The predicted octanol–water partition coefficient (Wildman–Crippen LogP) is 2.04. The van der Waals surface area contributed by atoms with Crippen LogP contribution >= 0.6 is 11.3 Å². The molecule has 0 saturated carbocycles. The number of nitrogens with zero attached hydrogens (tertiary/aromatic N) is 2. The van der Waals surface area contributed by atoms with Crippen molar-refractivity contribution in [1.82, 2.24) is 4.98 Å². The zero-order valence-electron chi connectivity index (χ0n) is 14.5. The van der Waals surface area contributed by atoms with Crippen molar-refractivity contribution in [2.75, 3.05) is 25.6 Å². The highest BCUT2D eigenvalue weighted by atomic mass is 32.1. The van der Waals surface area contributed by atoms with Gasteiger partial charge >= 0.3 is 11.9 Å². The van der Waals surface area contributed by atoms with E-state index in [0.29, 0.717) is 40.7 Å². The number of carbonyl (C=O) groups excluding carboxylic acids is 2. The van der Waals surface area contributed by atoms with Crippen molar-refractivity contribution in [2.24, 2.45) is 5.73 Å². The zero-order valence-corrected chi connectivity index (χ0v) is 15.3. The zero-order chi connectivity index (χ0) is 19.1. The highest BCUT2D eigenvalue weighted by molar-refractivity contribution is 7.17. The first-order valence-electron chi connectivity index (χ1n) is 7.81. The Kier molecular flexibility index (Phi) is 6.67. The maximum atomic E-state index is 12.2. The Bertz CT molecular complexity index is 788. The Morgan fingerprint density at radius 3 is 2.62 bits per heavy atom. The number of benzene rings is 1. The number of esters is 2. The number of anilines is 1. The first kappa shape index (κ1) is 19.4.